The third-order valence-corrected chi connectivity index (χ3v) is 4.30. The first-order valence-electron chi connectivity index (χ1n) is 6.73. The normalized spacial score (nSPS) is 30.2. The standard InChI is InChI=1S/C15H21N/c1-2-6-13(7-3-1)12-16-14-8-4-9-15(16)11-5-10-14/h1-3,6-7,14-15H,4-5,8-12H2. The van der Waals surface area contributed by atoms with Crippen molar-refractivity contribution in [3.05, 3.63) is 35.9 Å². The zero-order valence-corrected chi connectivity index (χ0v) is 9.94. The number of nitrogens with zero attached hydrogens (tertiary/aromatic N) is 1. The molecule has 0 N–H and O–H groups in total. The van der Waals surface area contributed by atoms with Crippen LogP contribution in [0.25, 0.3) is 0 Å². The van der Waals surface area contributed by atoms with E-state index in [-0.39, 0.29) is 0 Å². The lowest BCUT2D eigenvalue weighted by atomic mass is 9.84. The van der Waals surface area contributed by atoms with E-state index in [0.717, 1.165) is 12.1 Å². The Bertz CT molecular complexity index is 311. The molecule has 2 bridgehead atoms. The minimum absolute atomic E-state index is 0.882. The lowest BCUT2D eigenvalue weighted by Crippen LogP contribution is -2.48. The van der Waals surface area contributed by atoms with E-state index in [1.165, 1.54) is 50.6 Å². The van der Waals surface area contributed by atoms with Gasteiger partial charge >= 0.3 is 0 Å². The zero-order chi connectivity index (χ0) is 10.8. The van der Waals surface area contributed by atoms with Gasteiger partial charge in [0.2, 0.25) is 0 Å². The molecule has 0 saturated carbocycles. The first kappa shape index (κ1) is 10.3. The summed E-state index contributed by atoms with van der Waals surface area (Å²) in [7, 11) is 0. The Hall–Kier alpha value is -0.820. The summed E-state index contributed by atoms with van der Waals surface area (Å²) in [4.78, 5) is 2.78. The van der Waals surface area contributed by atoms with Crippen LogP contribution in [0.1, 0.15) is 44.1 Å². The highest BCUT2D eigenvalue weighted by Gasteiger charge is 2.33. The lowest BCUT2D eigenvalue weighted by Gasteiger charge is -2.46. The van der Waals surface area contributed by atoms with E-state index in [1.807, 2.05) is 0 Å². The zero-order valence-electron chi connectivity index (χ0n) is 9.94. The summed E-state index contributed by atoms with van der Waals surface area (Å²) in [5.74, 6) is 0. The van der Waals surface area contributed by atoms with E-state index in [9.17, 15) is 0 Å². The van der Waals surface area contributed by atoms with Crippen LogP contribution in [0.5, 0.6) is 0 Å². The first-order chi connectivity index (χ1) is 7.93. The average molecular weight is 215 g/mol. The highest BCUT2D eigenvalue weighted by molar-refractivity contribution is 5.15. The number of fused-ring (bicyclic) bond motifs is 2. The van der Waals surface area contributed by atoms with Gasteiger partial charge in [0, 0.05) is 18.6 Å². The van der Waals surface area contributed by atoms with Crippen LogP contribution in [0.15, 0.2) is 30.3 Å². The second kappa shape index (κ2) is 4.58. The van der Waals surface area contributed by atoms with Crippen LogP contribution in [-0.4, -0.2) is 17.0 Å². The molecular weight excluding hydrogens is 194 g/mol. The smallest absolute Gasteiger partial charge is 0.0239 e. The molecule has 2 heterocycles. The fourth-order valence-corrected chi connectivity index (χ4v) is 3.48. The van der Waals surface area contributed by atoms with Crippen LogP contribution in [0.3, 0.4) is 0 Å². The van der Waals surface area contributed by atoms with Crippen molar-refractivity contribution in [2.75, 3.05) is 0 Å². The molecule has 0 aliphatic carbocycles. The molecule has 2 aliphatic rings. The van der Waals surface area contributed by atoms with Crippen molar-refractivity contribution in [2.24, 2.45) is 0 Å². The van der Waals surface area contributed by atoms with Gasteiger partial charge in [-0.05, 0) is 31.2 Å². The molecule has 1 aromatic rings. The Morgan fingerprint density at radius 3 is 2.00 bits per heavy atom. The predicted octanol–water partition coefficient (Wildman–Crippen LogP) is 3.59. The van der Waals surface area contributed by atoms with Crippen LogP contribution < -0.4 is 0 Å². The molecule has 86 valence electrons. The average Bonchev–Trinajstić information content (AvgIpc) is 2.30. The highest BCUT2D eigenvalue weighted by atomic mass is 15.2. The van der Waals surface area contributed by atoms with E-state index in [1.54, 1.807) is 0 Å². The Balaban J connectivity index is 1.74. The highest BCUT2D eigenvalue weighted by Crippen LogP contribution is 2.34. The van der Waals surface area contributed by atoms with Gasteiger partial charge in [-0.2, -0.15) is 0 Å². The van der Waals surface area contributed by atoms with Crippen molar-refractivity contribution in [1.82, 2.24) is 4.90 Å². The van der Waals surface area contributed by atoms with E-state index in [4.69, 9.17) is 0 Å². The van der Waals surface area contributed by atoms with E-state index in [0.29, 0.717) is 0 Å². The van der Waals surface area contributed by atoms with Gasteiger partial charge in [-0.3, -0.25) is 4.90 Å². The van der Waals surface area contributed by atoms with Crippen LogP contribution in [0.4, 0.5) is 0 Å². The molecule has 0 atom stereocenters. The van der Waals surface area contributed by atoms with Gasteiger partial charge in [-0.25, -0.2) is 0 Å². The Morgan fingerprint density at radius 2 is 1.44 bits per heavy atom. The molecule has 0 aromatic heterocycles. The summed E-state index contributed by atoms with van der Waals surface area (Å²) < 4.78 is 0. The fourth-order valence-electron chi connectivity index (χ4n) is 3.48. The van der Waals surface area contributed by atoms with E-state index >= 15 is 0 Å². The topological polar surface area (TPSA) is 3.24 Å². The quantitative estimate of drug-likeness (QED) is 0.728. The minimum atomic E-state index is 0.882. The largest absolute Gasteiger partial charge is 0.293 e. The maximum Gasteiger partial charge on any atom is 0.0239 e. The molecule has 1 aromatic carbocycles. The maximum atomic E-state index is 2.78. The number of piperidine rings is 2. The molecule has 1 nitrogen and oxygen atoms in total. The van der Waals surface area contributed by atoms with Crippen molar-refractivity contribution in [2.45, 2.75) is 57.2 Å². The molecule has 2 fully saturated rings. The maximum absolute atomic E-state index is 2.78. The summed E-state index contributed by atoms with van der Waals surface area (Å²) in [5, 5.41) is 0. The Kier molecular flexibility index (Phi) is 2.96. The van der Waals surface area contributed by atoms with Crippen LogP contribution in [-0.2, 0) is 6.54 Å². The van der Waals surface area contributed by atoms with Crippen molar-refractivity contribution in [3.63, 3.8) is 0 Å². The second-order valence-corrected chi connectivity index (χ2v) is 5.33. The van der Waals surface area contributed by atoms with Gasteiger partial charge in [0.1, 0.15) is 0 Å². The van der Waals surface area contributed by atoms with Crippen molar-refractivity contribution in [3.8, 4) is 0 Å². The summed E-state index contributed by atoms with van der Waals surface area (Å²) >= 11 is 0. The van der Waals surface area contributed by atoms with Crippen molar-refractivity contribution < 1.29 is 0 Å². The fraction of sp³-hybridized carbons (Fsp3) is 0.600. The van der Waals surface area contributed by atoms with Crippen LogP contribution in [0, 0.1) is 0 Å². The number of rotatable bonds is 2. The lowest BCUT2D eigenvalue weighted by molar-refractivity contribution is 0.0332. The first-order valence-corrected chi connectivity index (χ1v) is 6.73. The Morgan fingerprint density at radius 1 is 0.875 bits per heavy atom. The Labute approximate surface area is 98.5 Å². The minimum Gasteiger partial charge on any atom is -0.293 e. The summed E-state index contributed by atoms with van der Waals surface area (Å²) in [5.41, 5.74) is 1.49. The number of benzene rings is 1. The summed E-state index contributed by atoms with van der Waals surface area (Å²) in [6.07, 6.45) is 8.65. The van der Waals surface area contributed by atoms with Gasteiger partial charge < -0.3 is 0 Å². The van der Waals surface area contributed by atoms with Gasteiger partial charge in [0.25, 0.3) is 0 Å². The van der Waals surface area contributed by atoms with E-state index < -0.39 is 0 Å². The second-order valence-electron chi connectivity index (χ2n) is 5.33. The third-order valence-electron chi connectivity index (χ3n) is 4.30. The SMILES string of the molecule is c1ccc(CN2C3CCCC2CCC3)cc1. The van der Waals surface area contributed by atoms with Gasteiger partial charge in [-0.1, -0.05) is 43.2 Å². The molecule has 2 saturated heterocycles. The number of hydrogen-bond donors (Lipinski definition) is 0. The molecule has 0 spiro atoms. The molecule has 16 heavy (non-hydrogen) atoms. The van der Waals surface area contributed by atoms with Crippen LogP contribution >= 0.6 is 0 Å². The van der Waals surface area contributed by atoms with Gasteiger partial charge in [0.05, 0.1) is 0 Å². The van der Waals surface area contributed by atoms with Crippen molar-refractivity contribution >= 4 is 0 Å². The molecule has 1 heteroatoms. The molecular formula is C15H21N. The molecule has 3 rings (SSSR count). The monoisotopic (exact) mass is 215 g/mol. The van der Waals surface area contributed by atoms with Crippen LogP contribution in [0.2, 0.25) is 0 Å². The molecule has 0 amide bonds. The number of hydrogen-bond acceptors (Lipinski definition) is 1. The molecule has 2 aliphatic heterocycles. The molecule has 0 unspecified atom stereocenters. The van der Waals surface area contributed by atoms with E-state index in [2.05, 4.69) is 35.2 Å². The third kappa shape index (κ3) is 2.01. The van der Waals surface area contributed by atoms with Gasteiger partial charge in [0.15, 0.2) is 0 Å². The van der Waals surface area contributed by atoms with Gasteiger partial charge in [-0.15, -0.1) is 0 Å². The summed E-state index contributed by atoms with van der Waals surface area (Å²) in [6.45, 7) is 1.18. The molecule has 0 radical (unpaired) electrons. The predicted molar refractivity (Wildman–Crippen MR) is 67.3 cm³/mol. The summed E-state index contributed by atoms with van der Waals surface area (Å²) in [6, 6.07) is 12.7. The van der Waals surface area contributed by atoms with Crippen molar-refractivity contribution in [1.29, 1.82) is 0 Å².